The largest absolute Gasteiger partial charge is 0.349 e. The van der Waals surface area contributed by atoms with E-state index in [1.807, 2.05) is 47.7 Å². The van der Waals surface area contributed by atoms with Gasteiger partial charge in [0.05, 0.1) is 5.02 Å². The molecule has 1 unspecified atom stereocenters. The molecule has 1 aliphatic rings. The van der Waals surface area contributed by atoms with Gasteiger partial charge in [-0.3, -0.25) is 9.59 Å². The Morgan fingerprint density at radius 2 is 2.08 bits per heavy atom. The number of piperidine rings is 1. The molecule has 2 amide bonds. The molecule has 1 aliphatic heterocycles. The summed E-state index contributed by atoms with van der Waals surface area (Å²) in [5, 5.41) is 4.25. The summed E-state index contributed by atoms with van der Waals surface area (Å²) in [6.07, 6.45) is 2.59. The van der Waals surface area contributed by atoms with Gasteiger partial charge in [0.15, 0.2) is 0 Å². The van der Waals surface area contributed by atoms with Gasteiger partial charge in [-0.15, -0.1) is 0 Å². The van der Waals surface area contributed by atoms with Crippen LogP contribution in [0.25, 0.3) is 10.9 Å². The zero-order valence-electron chi connectivity index (χ0n) is 14.0. The maximum Gasteiger partial charge on any atom is 0.269 e. The van der Waals surface area contributed by atoms with Gasteiger partial charge in [-0.2, -0.15) is 0 Å². The normalized spacial score (nSPS) is 16.5. The van der Waals surface area contributed by atoms with Crippen molar-refractivity contribution in [1.29, 1.82) is 0 Å². The van der Waals surface area contributed by atoms with E-state index < -0.39 is 0 Å². The second-order valence-corrected chi connectivity index (χ2v) is 6.72. The Morgan fingerprint density at radius 3 is 2.79 bits per heavy atom. The molecule has 5 nitrogen and oxygen atoms in total. The minimum absolute atomic E-state index is 0.0183. The summed E-state index contributed by atoms with van der Waals surface area (Å²) in [4.78, 5) is 26.4. The SMILES string of the molecule is CC(CNC(=O)c1c(Cl)c2ccccc2n1C)N1CCCCC1=O. The van der Waals surface area contributed by atoms with Gasteiger partial charge in [0, 0.05) is 43.5 Å². The summed E-state index contributed by atoms with van der Waals surface area (Å²) < 4.78 is 1.81. The molecule has 1 saturated heterocycles. The lowest BCUT2D eigenvalue weighted by Gasteiger charge is -2.32. The van der Waals surface area contributed by atoms with Crippen LogP contribution < -0.4 is 5.32 Å². The van der Waals surface area contributed by atoms with Crippen LogP contribution in [0.4, 0.5) is 0 Å². The lowest BCUT2D eigenvalue weighted by molar-refractivity contribution is -0.135. The van der Waals surface area contributed by atoms with E-state index in [1.165, 1.54) is 0 Å². The van der Waals surface area contributed by atoms with Gasteiger partial charge < -0.3 is 14.8 Å². The summed E-state index contributed by atoms with van der Waals surface area (Å²) in [5.41, 5.74) is 1.38. The van der Waals surface area contributed by atoms with Gasteiger partial charge in [-0.25, -0.2) is 0 Å². The highest BCUT2D eigenvalue weighted by molar-refractivity contribution is 6.38. The lowest BCUT2D eigenvalue weighted by Crippen LogP contribution is -2.47. The molecule has 128 valence electrons. The van der Waals surface area contributed by atoms with Crippen molar-refractivity contribution in [1.82, 2.24) is 14.8 Å². The first kappa shape index (κ1) is 16.8. The maximum absolute atomic E-state index is 12.6. The Balaban J connectivity index is 1.72. The first-order valence-corrected chi connectivity index (χ1v) is 8.69. The molecule has 2 heterocycles. The topological polar surface area (TPSA) is 54.3 Å². The number of aromatic nitrogens is 1. The number of fused-ring (bicyclic) bond motifs is 1. The van der Waals surface area contributed by atoms with Gasteiger partial charge in [0.1, 0.15) is 5.69 Å². The third-order valence-corrected chi connectivity index (χ3v) is 5.09. The molecule has 24 heavy (non-hydrogen) atoms. The van der Waals surface area contributed by atoms with Crippen molar-refractivity contribution in [3.8, 4) is 0 Å². The van der Waals surface area contributed by atoms with Crippen LogP contribution in [0.2, 0.25) is 5.02 Å². The molecule has 1 N–H and O–H groups in total. The first-order chi connectivity index (χ1) is 11.5. The number of nitrogens with one attached hydrogen (secondary N) is 1. The molecule has 2 aromatic rings. The van der Waals surface area contributed by atoms with Crippen LogP contribution in [0.3, 0.4) is 0 Å². The van der Waals surface area contributed by atoms with Crippen molar-refractivity contribution in [3.63, 3.8) is 0 Å². The fourth-order valence-corrected chi connectivity index (χ4v) is 3.70. The zero-order chi connectivity index (χ0) is 17.3. The molecule has 1 aromatic carbocycles. The highest BCUT2D eigenvalue weighted by Gasteiger charge is 2.25. The summed E-state index contributed by atoms with van der Waals surface area (Å²) in [6.45, 7) is 3.15. The Labute approximate surface area is 146 Å². The molecule has 1 aromatic heterocycles. The monoisotopic (exact) mass is 347 g/mol. The minimum Gasteiger partial charge on any atom is -0.349 e. The molecule has 1 atom stereocenters. The van der Waals surface area contributed by atoms with Crippen molar-refractivity contribution in [3.05, 3.63) is 35.0 Å². The fourth-order valence-electron chi connectivity index (χ4n) is 3.33. The molecular formula is C18H22ClN3O2. The number of carbonyl (C=O) groups excluding carboxylic acids is 2. The third kappa shape index (κ3) is 3.00. The van der Waals surface area contributed by atoms with E-state index in [0.717, 1.165) is 30.3 Å². The molecule has 0 saturated carbocycles. The molecular weight excluding hydrogens is 326 g/mol. The standard InChI is InChI=1S/C18H22ClN3O2/c1-12(22-10-6-5-9-15(22)23)11-20-18(24)17-16(19)13-7-3-4-8-14(13)21(17)2/h3-4,7-8,12H,5-6,9-11H2,1-2H3,(H,20,24). The predicted octanol–water partition coefficient (Wildman–Crippen LogP) is 2.96. The Hall–Kier alpha value is -2.01. The molecule has 0 aliphatic carbocycles. The number of likely N-dealkylation sites (tertiary alicyclic amines) is 1. The molecule has 6 heteroatoms. The average Bonchev–Trinajstić information content (AvgIpc) is 2.84. The predicted molar refractivity (Wildman–Crippen MR) is 95.3 cm³/mol. The Kier molecular flexibility index (Phi) is 4.81. The Bertz CT molecular complexity index is 745. The zero-order valence-corrected chi connectivity index (χ0v) is 14.8. The molecule has 0 bridgehead atoms. The number of carbonyl (C=O) groups is 2. The first-order valence-electron chi connectivity index (χ1n) is 8.31. The molecule has 0 spiro atoms. The number of nitrogens with zero attached hydrogens (tertiary/aromatic N) is 2. The number of rotatable bonds is 4. The molecule has 0 radical (unpaired) electrons. The summed E-state index contributed by atoms with van der Waals surface area (Å²) in [7, 11) is 1.83. The fraction of sp³-hybridized carbons (Fsp3) is 0.444. The van der Waals surface area contributed by atoms with Crippen LogP contribution in [0.15, 0.2) is 24.3 Å². The highest BCUT2D eigenvalue weighted by Crippen LogP contribution is 2.29. The van der Waals surface area contributed by atoms with Gasteiger partial charge in [0.25, 0.3) is 5.91 Å². The van der Waals surface area contributed by atoms with Crippen molar-refractivity contribution in [2.75, 3.05) is 13.1 Å². The number of para-hydroxylation sites is 1. The number of aryl methyl sites for hydroxylation is 1. The van der Waals surface area contributed by atoms with E-state index in [1.54, 1.807) is 0 Å². The Morgan fingerprint density at radius 1 is 1.33 bits per heavy atom. The van der Waals surface area contributed by atoms with Crippen LogP contribution in [0, 0.1) is 0 Å². The van der Waals surface area contributed by atoms with Crippen LogP contribution in [-0.2, 0) is 11.8 Å². The van der Waals surface area contributed by atoms with Gasteiger partial charge in [-0.05, 0) is 25.8 Å². The second kappa shape index (κ2) is 6.85. The number of hydrogen-bond acceptors (Lipinski definition) is 2. The van der Waals surface area contributed by atoms with Gasteiger partial charge in [-0.1, -0.05) is 29.8 Å². The van der Waals surface area contributed by atoms with E-state index in [-0.39, 0.29) is 17.9 Å². The van der Waals surface area contributed by atoms with E-state index >= 15 is 0 Å². The average molecular weight is 348 g/mol. The molecule has 1 fully saturated rings. The smallest absolute Gasteiger partial charge is 0.269 e. The van der Waals surface area contributed by atoms with E-state index in [4.69, 9.17) is 11.6 Å². The van der Waals surface area contributed by atoms with Crippen molar-refractivity contribution in [2.45, 2.75) is 32.2 Å². The van der Waals surface area contributed by atoms with Crippen LogP contribution in [0.5, 0.6) is 0 Å². The summed E-state index contributed by atoms with van der Waals surface area (Å²) in [5.74, 6) is -0.0411. The van der Waals surface area contributed by atoms with Crippen molar-refractivity contribution >= 4 is 34.3 Å². The van der Waals surface area contributed by atoms with Gasteiger partial charge in [0.2, 0.25) is 5.91 Å². The molecule has 3 rings (SSSR count). The van der Waals surface area contributed by atoms with E-state index in [0.29, 0.717) is 23.7 Å². The van der Waals surface area contributed by atoms with Crippen LogP contribution in [0.1, 0.15) is 36.7 Å². The summed E-state index contributed by atoms with van der Waals surface area (Å²) >= 11 is 6.40. The highest BCUT2D eigenvalue weighted by atomic mass is 35.5. The van der Waals surface area contributed by atoms with Crippen LogP contribution in [-0.4, -0.2) is 40.4 Å². The quantitative estimate of drug-likeness (QED) is 0.924. The minimum atomic E-state index is -0.213. The van der Waals surface area contributed by atoms with E-state index in [2.05, 4.69) is 5.32 Å². The van der Waals surface area contributed by atoms with Crippen LogP contribution >= 0.6 is 11.6 Å². The summed E-state index contributed by atoms with van der Waals surface area (Å²) in [6, 6.07) is 7.65. The number of benzene rings is 1. The van der Waals surface area contributed by atoms with E-state index in [9.17, 15) is 9.59 Å². The second-order valence-electron chi connectivity index (χ2n) is 6.34. The third-order valence-electron chi connectivity index (χ3n) is 4.71. The lowest BCUT2D eigenvalue weighted by atomic mass is 10.1. The van der Waals surface area contributed by atoms with Crippen molar-refractivity contribution in [2.24, 2.45) is 7.05 Å². The number of hydrogen-bond donors (Lipinski definition) is 1. The van der Waals surface area contributed by atoms with Crippen molar-refractivity contribution < 1.29 is 9.59 Å². The van der Waals surface area contributed by atoms with Gasteiger partial charge >= 0.3 is 0 Å². The maximum atomic E-state index is 12.6. The number of halogens is 1. The number of amides is 2.